The van der Waals surface area contributed by atoms with Crippen molar-refractivity contribution in [3.8, 4) is 5.69 Å². The molecular weight excluding hydrogens is 287 g/mol. The number of halogens is 2. The van der Waals surface area contributed by atoms with Crippen molar-refractivity contribution in [2.24, 2.45) is 0 Å². The van der Waals surface area contributed by atoms with Gasteiger partial charge in [-0.05, 0) is 18.2 Å². The molecule has 0 fully saturated rings. The number of ether oxygens (including phenoxy) is 1. The van der Waals surface area contributed by atoms with Crippen LogP contribution in [0.3, 0.4) is 0 Å². The average molecular weight is 301 g/mol. The third-order valence-electron chi connectivity index (χ3n) is 2.50. The van der Waals surface area contributed by atoms with Gasteiger partial charge in [0.1, 0.15) is 0 Å². The summed E-state index contributed by atoms with van der Waals surface area (Å²) in [6, 6.07) is 5.32. The van der Waals surface area contributed by atoms with Crippen LogP contribution in [0.1, 0.15) is 5.69 Å². The second-order valence-electron chi connectivity index (χ2n) is 3.92. The highest BCUT2D eigenvalue weighted by atomic mass is 35.5. The smallest absolute Gasteiger partial charge is 0.0969 e. The number of nitrogens with one attached hydrogen (secondary N) is 1. The van der Waals surface area contributed by atoms with Crippen LogP contribution >= 0.6 is 23.2 Å². The standard InChI is InChI=1S/C12H14Cl2N4O/c1-19-5-4-15-7-9-8-18(17-16-9)10-2-3-11(13)12(14)6-10/h2-3,6,8,15H,4-5,7H2,1H3. The molecule has 7 heteroatoms. The van der Waals surface area contributed by atoms with Gasteiger partial charge in [0.15, 0.2) is 0 Å². The minimum Gasteiger partial charge on any atom is -0.383 e. The fourth-order valence-corrected chi connectivity index (χ4v) is 1.82. The second kappa shape index (κ2) is 6.86. The highest BCUT2D eigenvalue weighted by Gasteiger charge is 2.05. The van der Waals surface area contributed by atoms with E-state index in [9.17, 15) is 0 Å². The van der Waals surface area contributed by atoms with Gasteiger partial charge in [0, 0.05) is 20.2 Å². The number of benzene rings is 1. The lowest BCUT2D eigenvalue weighted by Crippen LogP contribution is -2.18. The molecule has 0 radical (unpaired) electrons. The van der Waals surface area contributed by atoms with Gasteiger partial charge < -0.3 is 10.1 Å². The zero-order chi connectivity index (χ0) is 13.7. The molecule has 0 aliphatic heterocycles. The maximum absolute atomic E-state index is 5.97. The van der Waals surface area contributed by atoms with Crippen LogP contribution in [0.25, 0.3) is 5.69 Å². The molecule has 0 atom stereocenters. The third kappa shape index (κ3) is 3.91. The summed E-state index contributed by atoms with van der Waals surface area (Å²) in [6.45, 7) is 2.09. The Hall–Kier alpha value is -1.14. The molecular formula is C12H14Cl2N4O. The summed E-state index contributed by atoms with van der Waals surface area (Å²) >= 11 is 11.8. The number of aromatic nitrogens is 3. The van der Waals surface area contributed by atoms with E-state index >= 15 is 0 Å². The van der Waals surface area contributed by atoms with Crippen LogP contribution in [-0.4, -0.2) is 35.3 Å². The Morgan fingerprint density at radius 3 is 2.89 bits per heavy atom. The molecule has 1 aromatic carbocycles. The maximum atomic E-state index is 5.97. The quantitative estimate of drug-likeness (QED) is 0.832. The molecule has 19 heavy (non-hydrogen) atoms. The minimum atomic E-state index is 0.495. The largest absolute Gasteiger partial charge is 0.383 e. The van der Waals surface area contributed by atoms with E-state index in [1.807, 2.05) is 12.3 Å². The second-order valence-corrected chi connectivity index (χ2v) is 4.74. The molecule has 2 aromatic rings. The van der Waals surface area contributed by atoms with Gasteiger partial charge in [0.05, 0.1) is 34.2 Å². The van der Waals surface area contributed by atoms with Crippen molar-refractivity contribution in [1.82, 2.24) is 20.3 Å². The fourth-order valence-electron chi connectivity index (χ4n) is 1.52. The number of hydrogen-bond acceptors (Lipinski definition) is 4. The summed E-state index contributed by atoms with van der Waals surface area (Å²) in [4.78, 5) is 0. The number of methoxy groups -OCH3 is 1. The summed E-state index contributed by atoms with van der Waals surface area (Å²) in [5, 5.41) is 12.3. The molecule has 1 heterocycles. The van der Waals surface area contributed by atoms with Crippen LogP contribution in [-0.2, 0) is 11.3 Å². The molecule has 0 spiro atoms. The van der Waals surface area contributed by atoms with Crippen LogP contribution in [0.15, 0.2) is 24.4 Å². The average Bonchev–Trinajstić information content (AvgIpc) is 2.87. The van der Waals surface area contributed by atoms with E-state index in [2.05, 4.69) is 15.6 Å². The van der Waals surface area contributed by atoms with Gasteiger partial charge >= 0.3 is 0 Å². The molecule has 0 amide bonds. The maximum Gasteiger partial charge on any atom is 0.0969 e. The van der Waals surface area contributed by atoms with E-state index in [1.54, 1.807) is 23.9 Å². The lowest BCUT2D eigenvalue weighted by molar-refractivity contribution is 0.199. The highest BCUT2D eigenvalue weighted by molar-refractivity contribution is 6.42. The monoisotopic (exact) mass is 300 g/mol. The van der Waals surface area contributed by atoms with Gasteiger partial charge in [0.2, 0.25) is 0 Å². The van der Waals surface area contributed by atoms with Crippen molar-refractivity contribution in [2.75, 3.05) is 20.3 Å². The van der Waals surface area contributed by atoms with Crippen molar-refractivity contribution in [3.63, 3.8) is 0 Å². The van der Waals surface area contributed by atoms with Gasteiger partial charge in [-0.3, -0.25) is 0 Å². The van der Waals surface area contributed by atoms with Crippen molar-refractivity contribution >= 4 is 23.2 Å². The van der Waals surface area contributed by atoms with Crippen LogP contribution in [0.2, 0.25) is 10.0 Å². The summed E-state index contributed by atoms with van der Waals surface area (Å²) in [5.74, 6) is 0. The van der Waals surface area contributed by atoms with Gasteiger partial charge in [-0.15, -0.1) is 5.10 Å². The molecule has 0 aliphatic rings. The minimum absolute atomic E-state index is 0.495. The van der Waals surface area contributed by atoms with Gasteiger partial charge in [-0.1, -0.05) is 28.4 Å². The van der Waals surface area contributed by atoms with E-state index in [0.717, 1.165) is 17.9 Å². The predicted molar refractivity (Wildman–Crippen MR) is 75.0 cm³/mol. The summed E-state index contributed by atoms with van der Waals surface area (Å²) in [7, 11) is 1.67. The Balaban J connectivity index is 2.01. The third-order valence-corrected chi connectivity index (χ3v) is 3.24. The van der Waals surface area contributed by atoms with Crippen molar-refractivity contribution in [2.45, 2.75) is 6.54 Å². The normalized spacial score (nSPS) is 10.9. The molecule has 0 saturated carbocycles. The summed E-state index contributed by atoms with van der Waals surface area (Å²) < 4.78 is 6.61. The first-order chi connectivity index (χ1) is 9.20. The molecule has 1 N–H and O–H groups in total. The van der Waals surface area contributed by atoms with Gasteiger partial charge in [-0.25, -0.2) is 4.68 Å². The summed E-state index contributed by atoms with van der Waals surface area (Å²) in [5.41, 5.74) is 1.67. The fraction of sp³-hybridized carbons (Fsp3) is 0.333. The predicted octanol–water partition coefficient (Wildman–Crippen LogP) is 2.31. The SMILES string of the molecule is COCCNCc1cn(-c2ccc(Cl)c(Cl)c2)nn1. The first kappa shape index (κ1) is 14.3. The molecule has 5 nitrogen and oxygen atoms in total. The molecule has 0 aliphatic carbocycles. The molecule has 0 unspecified atom stereocenters. The van der Waals surface area contributed by atoms with Gasteiger partial charge in [-0.2, -0.15) is 0 Å². The van der Waals surface area contributed by atoms with Crippen LogP contribution in [0, 0.1) is 0 Å². The molecule has 0 saturated heterocycles. The zero-order valence-corrected chi connectivity index (χ0v) is 11.9. The zero-order valence-electron chi connectivity index (χ0n) is 10.4. The first-order valence-electron chi connectivity index (χ1n) is 5.77. The van der Waals surface area contributed by atoms with Crippen LogP contribution in [0.4, 0.5) is 0 Å². The molecule has 102 valence electrons. The van der Waals surface area contributed by atoms with Crippen molar-refractivity contribution in [3.05, 3.63) is 40.1 Å². The Kier molecular flexibility index (Phi) is 5.15. The summed E-state index contributed by atoms with van der Waals surface area (Å²) in [6.07, 6.45) is 1.85. The van der Waals surface area contributed by atoms with Gasteiger partial charge in [0.25, 0.3) is 0 Å². The van der Waals surface area contributed by atoms with E-state index < -0.39 is 0 Å². The number of hydrogen-bond donors (Lipinski definition) is 1. The van der Waals surface area contributed by atoms with E-state index in [-0.39, 0.29) is 0 Å². The molecule has 0 bridgehead atoms. The Morgan fingerprint density at radius 1 is 1.32 bits per heavy atom. The van der Waals surface area contributed by atoms with E-state index in [4.69, 9.17) is 27.9 Å². The number of rotatable bonds is 6. The van der Waals surface area contributed by atoms with Crippen molar-refractivity contribution < 1.29 is 4.74 Å². The Bertz CT molecular complexity index is 544. The number of nitrogens with zero attached hydrogens (tertiary/aromatic N) is 3. The molecule has 1 aromatic heterocycles. The van der Waals surface area contributed by atoms with E-state index in [0.29, 0.717) is 23.2 Å². The topological polar surface area (TPSA) is 52.0 Å². The van der Waals surface area contributed by atoms with Crippen LogP contribution in [0.5, 0.6) is 0 Å². The highest BCUT2D eigenvalue weighted by Crippen LogP contribution is 2.24. The molecule has 2 rings (SSSR count). The van der Waals surface area contributed by atoms with Crippen molar-refractivity contribution in [1.29, 1.82) is 0 Å². The van der Waals surface area contributed by atoms with E-state index in [1.165, 1.54) is 0 Å². The Labute approximate surface area is 121 Å². The first-order valence-corrected chi connectivity index (χ1v) is 6.52. The lowest BCUT2D eigenvalue weighted by Gasteiger charge is -2.02. The van der Waals surface area contributed by atoms with Crippen LogP contribution < -0.4 is 5.32 Å². The lowest BCUT2D eigenvalue weighted by atomic mass is 10.3. The Morgan fingerprint density at radius 2 is 2.16 bits per heavy atom.